The molecule has 0 bridgehead atoms. The van der Waals surface area contributed by atoms with Gasteiger partial charge in [-0.2, -0.15) is 0 Å². The van der Waals surface area contributed by atoms with Crippen molar-refractivity contribution in [2.75, 3.05) is 13.3 Å². The number of carbonyl (C=O) groups excluding carboxylic acids is 3. The summed E-state index contributed by atoms with van der Waals surface area (Å²) in [6.45, 7) is 2.18. The van der Waals surface area contributed by atoms with Crippen LogP contribution >= 0.6 is 0 Å². The summed E-state index contributed by atoms with van der Waals surface area (Å²) in [5, 5.41) is 2.51. The van der Waals surface area contributed by atoms with Crippen molar-refractivity contribution in [1.82, 2.24) is 10.2 Å². The summed E-state index contributed by atoms with van der Waals surface area (Å²) < 4.78 is 4.71. The third-order valence-electron chi connectivity index (χ3n) is 2.02. The van der Waals surface area contributed by atoms with E-state index in [1.54, 1.807) is 0 Å². The minimum Gasteiger partial charge on any atom is -0.428 e. The van der Waals surface area contributed by atoms with E-state index in [0.717, 1.165) is 29.9 Å². The Labute approximate surface area is 93.2 Å². The standard InChI is InChI=1S/C10H14N2O4/c1-2-3-6-11-10(15)16-7-12-8(13)4-5-9(12)14/h4-5H,2-3,6-7H2,1H3,(H,11,15). The maximum atomic E-state index is 11.1. The normalized spacial score (nSPS) is 14.4. The number of unbranched alkanes of at least 4 members (excludes halogenated alkanes) is 1. The lowest BCUT2D eigenvalue weighted by atomic mass is 10.3. The van der Waals surface area contributed by atoms with Crippen molar-refractivity contribution in [2.45, 2.75) is 19.8 Å². The quantitative estimate of drug-likeness (QED) is 0.543. The second-order valence-corrected chi connectivity index (χ2v) is 3.28. The number of amides is 3. The molecule has 0 radical (unpaired) electrons. The lowest BCUT2D eigenvalue weighted by Crippen LogP contribution is -2.36. The second-order valence-electron chi connectivity index (χ2n) is 3.28. The number of carbonyl (C=O) groups is 3. The predicted molar refractivity (Wildman–Crippen MR) is 55.3 cm³/mol. The largest absolute Gasteiger partial charge is 0.428 e. The van der Waals surface area contributed by atoms with Gasteiger partial charge < -0.3 is 10.1 Å². The zero-order valence-electron chi connectivity index (χ0n) is 9.06. The van der Waals surface area contributed by atoms with Crippen LogP contribution in [0.5, 0.6) is 0 Å². The first kappa shape index (κ1) is 12.2. The molecule has 3 amide bonds. The fourth-order valence-electron chi connectivity index (χ4n) is 1.10. The van der Waals surface area contributed by atoms with E-state index in [1.165, 1.54) is 0 Å². The monoisotopic (exact) mass is 226 g/mol. The molecule has 0 unspecified atom stereocenters. The number of nitrogens with zero attached hydrogens (tertiary/aromatic N) is 1. The molecule has 1 heterocycles. The molecule has 0 aromatic heterocycles. The molecule has 88 valence electrons. The Bertz CT molecular complexity index is 307. The van der Waals surface area contributed by atoms with Gasteiger partial charge in [-0.1, -0.05) is 13.3 Å². The van der Waals surface area contributed by atoms with Gasteiger partial charge in [0.2, 0.25) is 0 Å². The third kappa shape index (κ3) is 3.38. The number of hydrogen-bond donors (Lipinski definition) is 1. The fourth-order valence-corrected chi connectivity index (χ4v) is 1.10. The number of nitrogens with one attached hydrogen (secondary N) is 1. The predicted octanol–water partition coefficient (Wildman–Crippen LogP) is 0.395. The van der Waals surface area contributed by atoms with Crippen LogP contribution in [0.3, 0.4) is 0 Å². The van der Waals surface area contributed by atoms with Crippen molar-refractivity contribution in [1.29, 1.82) is 0 Å². The van der Waals surface area contributed by atoms with Crippen LogP contribution < -0.4 is 5.32 Å². The van der Waals surface area contributed by atoms with Crippen molar-refractivity contribution in [2.24, 2.45) is 0 Å². The Balaban J connectivity index is 2.22. The van der Waals surface area contributed by atoms with E-state index in [-0.39, 0.29) is 6.73 Å². The topological polar surface area (TPSA) is 75.7 Å². The van der Waals surface area contributed by atoms with Gasteiger partial charge in [-0.05, 0) is 6.42 Å². The lowest BCUT2D eigenvalue weighted by molar-refractivity contribution is -0.140. The molecule has 0 spiro atoms. The van der Waals surface area contributed by atoms with Crippen LogP contribution in [0.4, 0.5) is 4.79 Å². The van der Waals surface area contributed by atoms with Gasteiger partial charge in [0.05, 0.1) is 0 Å². The highest BCUT2D eigenvalue weighted by Crippen LogP contribution is 2.02. The first-order chi connectivity index (χ1) is 7.65. The zero-order valence-corrected chi connectivity index (χ0v) is 9.06. The maximum absolute atomic E-state index is 11.1. The number of hydrogen-bond acceptors (Lipinski definition) is 4. The van der Waals surface area contributed by atoms with Crippen LogP contribution in [0, 0.1) is 0 Å². The van der Waals surface area contributed by atoms with Crippen molar-refractivity contribution in [3.63, 3.8) is 0 Å². The summed E-state index contributed by atoms with van der Waals surface area (Å²) in [7, 11) is 0. The summed E-state index contributed by atoms with van der Waals surface area (Å²) in [5.74, 6) is -0.933. The molecule has 6 heteroatoms. The zero-order chi connectivity index (χ0) is 12.0. The summed E-state index contributed by atoms with van der Waals surface area (Å²) in [6, 6.07) is 0. The molecule has 0 aromatic rings. The summed E-state index contributed by atoms with van der Waals surface area (Å²) >= 11 is 0. The van der Waals surface area contributed by atoms with Gasteiger partial charge in [0.1, 0.15) is 0 Å². The van der Waals surface area contributed by atoms with Gasteiger partial charge in [-0.3, -0.25) is 9.59 Å². The molecular weight excluding hydrogens is 212 g/mol. The fraction of sp³-hybridized carbons (Fsp3) is 0.500. The minimum atomic E-state index is -0.624. The average Bonchev–Trinajstić information content (AvgIpc) is 2.57. The molecule has 1 aliphatic heterocycles. The van der Waals surface area contributed by atoms with E-state index in [4.69, 9.17) is 4.74 Å². The lowest BCUT2D eigenvalue weighted by Gasteiger charge is -2.13. The number of rotatable bonds is 5. The van der Waals surface area contributed by atoms with Crippen molar-refractivity contribution in [3.8, 4) is 0 Å². The van der Waals surface area contributed by atoms with E-state index in [2.05, 4.69) is 5.32 Å². The molecule has 1 rings (SSSR count). The Kier molecular flexibility index (Phi) is 4.50. The highest BCUT2D eigenvalue weighted by atomic mass is 16.6. The SMILES string of the molecule is CCCCNC(=O)OCN1C(=O)C=CC1=O. The van der Waals surface area contributed by atoms with Crippen LogP contribution in [0.15, 0.2) is 12.2 Å². The molecule has 6 nitrogen and oxygen atoms in total. The molecule has 0 atom stereocenters. The highest BCUT2D eigenvalue weighted by Gasteiger charge is 2.24. The van der Waals surface area contributed by atoms with Gasteiger partial charge in [0.25, 0.3) is 11.8 Å². The molecule has 0 saturated carbocycles. The Hall–Kier alpha value is -1.85. The molecule has 0 aliphatic carbocycles. The van der Waals surface area contributed by atoms with E-state index in [0.29, 0.717) is 6.54 Å². The number of alkyl carbamates (subject to hydrolysis) is 1. The van der Waals surface area contributed by atoms with E-state index in [9.17, 15) is 14.4 Å². The molecule has 0 fully saturated rings. The molecular formula is C10H14N2O4. The molecule has 16 heavy (non-hydrogen) atoms. The van der Waals surface area contributed by atoms with Crippen LogP contribution in [0.2, 0.25) is 0 Å². The highest BCUT2D eigenvalue weighted by molar-refractivity contribution is 6.12. The van der Waals surface area contributed by atoms with Gasteiger partial charge in [0, 0.05) is 18.7 Å². The Morgan fingerprint density at radius 2 is 2.00 bits per heavy atom. The van der Waals surface area contributed by atoms with E-state index < -0.39 is 17.9 Å². The molecule has 0 saturated heterocycles. The van der Waals surface area contributed by atoms with Crippen LogP contribution in [-0.4, -0.2) is 36.1 Å². The van der Waals surface area contributed by atoms with Gasteiger partial charge >= 0.3 is 6.09 Å². The summed E-state index contributed by atoms with van der Waals surface area (Å²) in [6.07, 6.45) is 3.48. The van der Waals surface area contributed by atoms with Gasteiger partial charge in [-0.25, -0.2) is 9.69 Å². The summed E-state index contributed by atoms with van der Waals surface area (Å²) in [4.78, 5) is 34.1. The van der Waals surface area contributed by atoms with Gasteiger partial charge in [0.15, 0.2) is 6.73 Å². The summed E-state index contributed by atoms with van der Waals surface area (Å²) in [5.41, 5.74) is 0. The third-order valence-corrected chi connectivity index (χ3v) is 2.02. The maximum Gasteiger partial charge on any atom is 0.408 e. The second kappa shape index (κ2) is 5.89. The Morgan fingerprint density at radius 1 is 1.38 bits per heavy atom. The first-order valence-corrected chi connectivity index (χ1v) is 5.09. The number of ether oxygens (including phenoxy) is 1. The Morgan fingerprint density at radius 3 is 2.56 bits per heavy atom. The molecule has 1 N–H and O–H groups in total. The van der Waals surface area contributed by atoms with E-state index in [1.807, 2.05) is 6.92 Å². The van der Waals surface area contributed by atoms with E-state index >= 15 is 0 Å². The van der Waals surface area contributed by atoms with Crippen molar-refractivity contribution in [3.05, 3.63) is 12.2 Å². The minimum absolute atomic E-state index is 0.345. The van der Waals surface area contributed by atoms with Crippen molar-refractivity contribution >= 4 is 17.9 Å². The average molecular weight is 226 g/mol. The van der Waals surface area contributed by atoms with Crippen LogP contribution in [0.1, 0.15) is 19.8 Å². The van der Waals surface area contributed by atoms with Crippen LogP contribution in [-0.2, 0) is 14.3 Å². The smallest absolute Gasteiger partial charge is 0.408 e. The molecule has 1 aliphatic rings. The van der Waals surface area contributed by atoms with Crippen molar-refractivity contribution < 1.29 is 19.1 Å². The molecule has 0 aromatic carbocycles. The first-order valence-electron chi connectivity index (χ1n) is 5.09. The van der Waals surface area contributed by atoms with Crippen LogP contribution in [0.25, 0.3) is 0 Å². The van der Waals surface area contributed by atoms with Gasteiger partial charge in [-0.15, -0.1) is 0 Å². The number of imide groups is 1.